The van der Waals surface area contributed by atoms with Gasteiger partial charge in [0, 0.05) is 6.07 Å². The summed E-state index contributed by atoms with van der Waals surface area (Å²) in [6.07, 6.45) is 0.478. The molecule has 0 aliphatic carbocycles. The highest BCUT2D eigenvalue weighted by atomic mass is 35.5. The van der Waals surface area contributed by atoms with Crippen LogP contribution in [0.5, 0.6) is 0 Å². The average molecular weight is 278 g/mol. The summed E-state index contributed by atoms with van der Waals surface area (Å²) < 4.78 is 0. The molecule has 1 aromatic heterocycles. The van der Waals surface area contributed by atoms with Crippen molar-refractivity contribution < 1.29 is 9.90 Å². The van der Waals surface area contributed by atoms with E-state index < -0.39 is 12.0 Å². The first-order valence-electron chi connectivity index (χ1n) is 5.08. The maximum Gasteiger partial charge on any atom is 0.326 e. The van der Waals surface area contributed by atoms with Crippen LogP contribution in [0.1, 0.15) is 20.3 Å². The van der Waals surface area contributed by atoms with Gasteiger partial charge in [-0.15, -0.1) is 10.2 Å². The van der Waals surface area contributed by atoms with E-state index in [1.807, 2.05) is 13.8 Å². The molecule has 1 atom stereocenters. The first-order valence-corrected chi connectivity index (χ1v) is 5.83. The molecule has 2 N–H and O–H groups in total. The first kappa shape index (κ1) is 14.0. The molecule has 1 unspecified atom stereocenters. The van der Waals surface area contributed by atoms with Crippen LogP contribution >= 0.6 is 23.2 Å². The molecule has 17 heavy (non-hydrogen) atoms. The first-order chi connectivity index (χ1) is 7.90. The normalized spacial score (nSPS) is 12.5. The van der Waals surface area contributed by atoms with Gasteiger partial charge in [-0.25, -0.2) is 4.79 Å². The summed E-state index contributed by atoms with van der Waals surface area (Å²) in [5.74, 6) is -0.699. The van der Waals surface area contributed by atoms with Crippen molar-refractivity contribution in [2.24, 2.45) is 5.92 Å². The Labute approximate surface area is 109 Å². The fourth-order valence-electron chi connectivity index (χ4n) is 1.33. The third-order valence-electron chi connectivity index (χ3n) is 2.05. The lowest BCUT2D eigenvalue weighted by Crippen LogP contribution is -2.30. The molecule has 0 bridgehead atoms. The molecule has 1 aromatic rings. The molecule has 0 saturated carbocycles. The summed E-state index contributed by atoms with van der Waals surface area (Å²) in [6.45, 7) is 3.88. The summed E-state index contributed by atoms with van der Waals surface area (Å²) >= 11 is 11.5. The van der Waals surface area contributed by atoms with Crippen molar-refractivity contribution in [1.82, 2.24) is 10.2 Å². The predicted molar refractivity (Wildman–Crippen MR) is 66.6 cm³/mol. The lowest BCUT2D eigenvalue weighted by molar-refractivity contribution is -0.138. The number of nitrogens with one attached hydrogen (secondary N) is 1. The van der Waals surface area contributed by atoms with Gasteiger partial charge >= 0.3 is 5.97 Å². The average Bonchev–Trinajstić information content (AvgIpc) is 2.21. The van der Waals surface area contributed by atoms with E-state index in [0.29, 0.717) is 12.1 Å². The molecule has 0 saturated heterocycles. The van der Waals surface area contributed by atoms with Crippen molar-refractivity contribution in [1.29, 1.82) is 0 Å². The van der Waals surface area contributed by atoms with Crippen LogP contribution in [0.4, 0.5) is 5.69 Å². The van der Waals surface area contributed by atoms with E-state index in [1.165, 1.54) is 6.07 Å². The topological polar surface area (TPSA) is 75.1 Å². The van der Waals surface area contributed by atoms with Gasteiger partial charge in [0.1, 0.15) is 6.04 Å². The smallest absolute Gasteiger partial charge is 0.326 e. The monoisotopic (exact) mass is 277 g/mol. The fraction of sp³-hybridized carbons (Fsp3) is 0.500. The van der Waals surface area contributed by atoms with Crippen LogP contribution in [0.15, 0.2) is 6.07 Å². The van der Waals surface area contributed by atoms with E-state index in [0.717, 1.165) is 0 Å². The summed E-state index contributed by atoms with van der Waals surface area (Å²) in [6, 6.07) is 0.723. The highest BCUT2D eigenvalue weighted by molar-refractivity contribution is 6.33. The molecule has 1 rings (SSSR count). The number of anilines is 1. The molecule has 0 aromatic carbocycles. The minimum absolute atomic E-state index is 0.101. The standard InChI is InChI=1S/C10H13Cl2N3O2/c1-5(2)3-7(10(16)17)13-6-4-8(11)14-15-9(6)12/h4-5,7H,3H2,1-2H3,(H,13,14)(H,16,17). The number of carboxylic acid groups (broad SMARTS) is 1. The van der Waals surface area contributed by atoms with Crippen LogP contribution in [-0.2, 0) is 4.79 Å². The molecule has 0 spiro atoms. The highest BCUT2D eigenvalue weighted by Gasteiger charge is 2.20. The van der Waals surface area contributed by atoms with E-state index in [9.17, 15) is 4.79 Å². The summed E-state index contributed by atoms with van der Waals surface area (Å²) in [4.78, 5) is 11.1. The highest BCUT2D eigenvalue weighted by Crippen LogP contribution is 2.23. The minimum atomic E-state index is -0.942. The number of hydrogen-bond donors (Lipinski definition) is 2. The second-order valence-electron chi connectivity index (χ2n) is 4.04. The van der Waals surface area contributed by atoms with E-state index >= 15 is 0 Å². The summed E-state index contributed by atoms with van der Waals surface area (Å²) in [5, 5.41) is 19.3. The SMILES string of the molecule is CC(C)CC(Nc1cc(Cl)nnc1Cl)C(=O)O. The van der Waals surface area contributed by atoms with Crippen LogP contribution < -0.4 is 5.32 Å². The van der Waals surface area contributed by atoms with Gasteiger partial charge in [-0.05, 0) is 12.3 Å². The van der Waals surface area contributed by atoms with Crippen molar-refractivity contribution in [2.45, 2.75) is 26.3 Å². The van der Waals surface area contributed by atoms with E-state index in [-0.39, 0.29) is 16.2 Å². The van der Waals surface area contributed by atoms with Gasteiger partial charge in [0.15, 0.2) is 10.3 Å². The zero-order valence-electron chi connectivity index (χ0n) is 9.44. The summed E-state index contributed by atoms with van der Waals surface area (Å²) in [7, 11) is 0. The Morgan fingerprint density at radius 3 is 2.65 bits per heavy atom. The van der Waals surface area contributed by atoms with Crippen molar-refractivity contribution in [2.75, 3.05) is 5.32 Å². The van der Waals surface area contributed by atoms with Crippen LogP contribution in [-0.4, -0.2) is 27.3 Å². The maximum atomic E-state index is 11.1. The molecule has 0 radical (unpaired) electrons. The molecular weight excluding hydrogens is 265 g/mol. The number of rotatable bonds is 5. The lowest BCUT2D eigenvalue weighted by atomic mass is 10.0. The minimum Gasteiger partial charge on any atom is -0.480 e. The number of aliphatic carboxylic acids is 1. The number of carboxylic acids is 1. The van der Waals surface area contributed by atoms with Crippen LogP contribution in [0.2, 0.25) is 10.3 Å². The van der Waals surface area contributed by atoms with E-state index in [1.54, 1.807) is 0 Å². The maximum absolute atomic E-state index is 11.1. The van der Waals surface area contributed by atoms with Crippen molar-refractivity contribution in [3.8, 4) is 0 Å². The van der Waals surface area contributed by atoms with Gasteiger partial charge < -0.3 is 10.4 Å². The number of nitrogens with zero attached hydrogens (tertiary/aromatic N) is 2. The fourth-order valence-corrected chi connectivity index (χ4v) is 1.63. The largest absolute Gasteiger partial charge is 0.480 e. The molecule has 1 heterocycles. The number of halogens is 2. The quantitative estimate of drug-likeness (QED) is 0.866. The Kier molecular flexibility index (Phi) is 4.96. The molecule has 94 valence electrons. The van der Waals surface area contributed by atoms with Crippen molar-refractivity contribution in [3.63, 3.8) is 0 Å². The van der Waals surface area contributed by atoms with E-state index in [4.69, 9.17) is 28.3 Å². The van der Waals surface area contributed by atoms with Gasteiger partial charge in [0.05, 0.1) is 5.69 Å². The van der Waals surface area contributed by atoms with Crippen molar-refractivity contribution >= 4 is 34.9 Å². The van der Waals surface area contributed by atoms with Gasteiger partial charge in [0.2, 0.25) is 0 Å². The van der Waals surface area contributed by atoms with Gasteiger partial charge in [-0.3, -0.25) is 0 Å². The second kappa shape index (κ2) is 6.02. The van der Waals surface area contributed by atoms with Gasteiger partial charge in [-0.2, -0.15) is 0 Å². The Morgan fingerprint density at radius 2 is 2.12 bits per heavy atom. The number of aromatic nitrogens is 2. The molecule has 7 heteroatoms. The van der Waals surface area contributed by atoms with Gasteiger partial charge in [0.25, 0.3) is 0 Å². The molecule has 0 amide bonds. The Balaban J connectivity index is 2.85. The Hall–Kier alpha value is -1.07. The molecule has 0 aliphatic rings. The number of hydrogen-bond acceptors (Lipinski definition) is 4. The third-order valence-corrected chi connectivity index (χ3v) is 2.52. The summed E-state index contributed by atoms with van der Waals surface area (Å²) in [5.41, 5.74) is 0.375. The zero-order chi connectivity index (χ0) is 13.0. The lowest BCUT2D eigenvalue weighted by Gasteiger charge is -2.17. The Bertz CT molecular complexity index is 413. The van der Waals surface area contributed by atoms with Crippen LogP contribution in [0.3, 0.4) is 0 Å². The molecular formula is C10H13Cl2N3O2. The zero-order valence-corrected chi connectivity index (χ0v) is 11.0. The van der Waals surface area contributed by atoms with E-state index in [2.05, 4.69) is 15.5 Å². The Morgan fingerprint density at radius 1 is 1.47 bits per heavy atom. The number of carbonyl (C=O) groups is 1. The third kappa shape index (κ3) is 4.36. The van der Waals surface area contributed by atoms with Crippen molar-refractivity contribution in [3.05, 3.63) is 16.4 Å². The molecule has 0 aliphatic heterocycles. The van der Waals surface area contributed by atoms with Crippen LogP contribution in [0.25, 0.3) is 0 Å². The molecule has 0 fully saturated rings. The second-order valence-corrected chi connectivity index (χ2v) is 4.78. The van der Waals surface area contributed by atoms with Crippen LogP contribution in [0, 0.1) is 5.92 Å². The molecule has 5 nitrogen and oxygen atoms in total. The predicted octanol–water partition coefficient (Wildman–Crippen LogP) is 2.69. The van der Waals surface area contributed by atoms with Gasteiger partial charge in [-0.1, -0.05) is 37.0 Å².